The second kappa shape index (κ2) is 1.62. The van der Waals surface area contributed by atoms with Gasteiger partial charge >= 0.3 is 0 Å². The zero-order chi connectivity index (χ0) is 4.41. The molecule has 0 fully saturated rings. The van der Waals surface area contributed by atoms with Gasteiger partial charge in [-0.1, -0.05) is 0 Å². The fourth-order valence-electron chi connectivity index (χ4n) is 0.256. The summed E-state index contributed by atoms with van der Waals surface area (Å²) >= 11 is 1.51. The lowest BCUT2D eigenvalue weighted by atomic mass is 11.1. The molecule has 0 unspecified atom stereocenters. The van der Waals surface area contributed by atoms with Crippen LogP contribution in [0.3, 0.4) is 0 Å². The van der Waals surface area contributed by atoms with E-state index in [0.717, 1.165) is 6.67 Å². The van der Waals surface area contributed by atoms with Crippen LogP contribution in [0, 0.1) is 0 Å². The molecule has 33 valence electrons. The molecule has 0 aromatic heterocycles. The summed E-state index contributed by atoms with van der Waals surface area (Å²) in [4.78, 5) is 3.80. The van der Waals surface area contributed by atoms with E-state index < -0.39 is 0 Å². The summed E-state index contributed by atoms with van der Waals surface area (Å²) in [6, 6.07) is 0. The second-order valence-electron chi connectivity index (χ2n) is 1.11. The normalized spacial score (nSPS) is 22.8. The minimum atomic E-state index is 0.796. The van der Waals surface area contributed by atoms with Gasteiger partial charge in [0.1, 0.15) is 12.2 Å². The highest BCUT2D eigenvalue weighted by atomic mass is 32.2. The van der Waals surface area contributed by atoms with Gasteiger partial charge in [0.15, 0.2) is 0 Å². The Bertz CT molecular complexity index is 63.2. The molecule has 1 aliphatic rings. The van der Waals surface area contributed by atoms with Crippen LogP contribution in [0.25, 0.3) is 0 Å². The molecule has 1 radical (unpaired) electrons. The topological polar surface area (TPSA) is 15.6 Å². The molecule has 0 atom stereocenters. The largest absolute Gasteiger partial charge is 0.258 e. The van der Waals surface area contributed by atoms with Crippen molar-refractivity contribution in [1.29, 1.82) is 0 Å². The monoisotopic (exact) mass is 101 g/mol. The maximum atomic E-state index is 3.80. The lowest BCUT2D eigenvalue weighted by molar-refractivity contribution is 0.604. The molecule has 6 heavy (non-hydrogen) atoms. The summed E-state index contributed by atoms with van der Waals surface area (Å²) in [5, 5.41) is 0. The van der Waals surface area contributed by atoms with Crippen LogP contribution in [0.4, 0.5) is 0 Å². The van der Waals surface area contributed by atoms with Gasteiger partial charge in [-0.05, 0) is 19.0 Å². The predicted molar refractivity (Wildman–Crippen MR) is 27.7 cm³/mol. The zero-order valence-corrected chi connectivity index (χ0v) is 4.33. The Balaban J connectivity index is 2.32. The van der Waals surface area contributed by atoms with Crippen LogP contribution in [0.5, 0.6) is 0 Å². The molecule has 0 aliphatic carbocycles. The van der Waals surface area contributed by atoms with Gasteiger partial charge in [-0.25, -0.2) is 4.31 Å². The molecule has 2 nitrogen and oxygen atoms in total. The first-order valence-electron chi connectivity index (χ1n) is 1.69. The zero-order valence-electron chi connectivity index (χ0n) is 3.51. The third-order valence-corrected chi connectivity index (χ3v) is 1.17. The van der Waals surface area contributed by atoms with Gasteiger partial charge in [0.25, 0.3) is 0 Å². The molecule has 0 spiro atoms. The lowest BCUT2D eigenvalue weighted by Crippen LogP contribution is -2.01. The predicted octanol–water partition coefficient (Wildman–Crippen LogP) is 0.443. The molecule has 0 aromatic rings. The summed E-state index contributed by atoms with van der Waals surface area (Å²) in [5.41, 5.74) is 2.74. The molecule has 0 N–H and O–H groups in total. The van der Waals surface area contributed by atoms with Crippen molar-refractivity contribution >= 4 is 17.5 Å². The molecule has 0 saturated carbocycles. The van der Waals surface area contributed by atoms with E-state index in [4.69, 9.17) is 0 Å². The van der Waals surface area contributed by atoms with E-state index in [1.165, 1.54) is 11.9 Å². The Morgan fingerprint density at radius 3 is 3.00 bits per heavy atom. The SMILES string of the molecule is CN1CN=[C]S1. The molecule has 0 bridgehead atoms. The van der Waals surface area contributed by atoms with Crippen molar-refractivity contribution in [2.24, 2.45) is 4.99 Å². The van der Waals surface area contributed by atoms with Crippen LogP contribution in [-0.4, -0.2) is 23.6 Å². The van der Waals surface area contributed by atoms with E-state index in [1.807, 2.05) is 11.4 Å². The molecule has 1 heterocycles. The van der Waals surface area contributed by atoms with Crippen LogP contribution in [0.15, 0.2) is 4.99 Å². The van der Waals surface area contributed by atoms with E-state index >= 15 is 0 Å². The van der Waals surface area contributed by atoms with E-state index in [1.54, 1.807) is 0 Å². The summed E-state index contributed by atoms with van der Waals surface area (Å²) in [7, 11) is 1.98. The van der Waals surface area contributed by atoms with Gasteiger partial charge in [0.05, 0.1) is 0 Å². The molecule has 1 rings (SSSR count). The average Bonchev–Trinajstić information content (AvgIpc) is 1.86. The van der Waals surface area contributed by atoms with Gasteiger partial charge in [0.2, 0.25) is 0 Å². The summed E-state index contributed by atoms with van der Waals surface area (Å²) in [6.07, 6.45) is 0. The average molecular weight is 101 g/mol. The maximum Gasteiger partial charge on any atom is 0.140 e. The Labute approximate surface area is 41.4 Å². The van der Waals surface area contributed by atoms with Crippen molar-refractivity contribution < 1.29 is 0 Å². The Kier molecular flexibility index (Phi) is 1.12. The molecular weight excluding hydrogens is 96.1 g/mol. The Hall–Kier alpha value is -0.0200. The fourth-order valence-corrected chi connectivity index (χ4v) is 0.626. The number of aliphatic imine (C=N–C) groups is 1. The highest BCUT2D eigenvalue weighted by Gasteiger charge is 1.98. The van der Waals surface area contributed by atoms with Crippen molar-refractivity contribution in [3.8, 4) is 0 Å². The third kappa shape index (κ3) is 0.725. The summed E-state index contributed by atoms with van der Waals surface area (Å²) in [6.45, 7) is 0.796. The molecule has 3 heteroatoms. The minimum absolute atomic E-state index is 0.796. The van der Waals surface area contributed by atoms with Crippen molar-refractivity contribution in [3.63, 3.8) is 0 Å². The van der Waals surface area contributed by atoms with Crippen molar-refractivity contribution in [1.82, 2.24) is 4.31 Å². The van der Waals surface area contributed by atoms with Gasteiger partial charge < -0.3 is 0 Å². The van der Waals surface area contributed by atoms with Gasteiger partial charge in [0, 0.05) is 0 Å². The second-order valence-corrected chi connectivity index (χ2v) is 2.10. The first kappa shape index (κ1) is 4.15. The lowest BCUT2D eigenvalue weighted by Gasteiger charge is -1.97. The van der Waals surface area contributed by atoms with Gasteiger partial charge in [-0.15, -0.1) is 0 Å². The first-order chi connectivity index (χ1) is 2.89. The number of nitrogens with zero attached hydrogens (tertiary/aromatic N) is 2. The number of hydrogen-bond donors (Lipinski definition) is 0. The molecule has 0 aromatic carbocycles. The summed E-state index contributed by atoms with van der Waals surface area (Å²) in [5.74, 6) is 0. The van der Waals surface area contributed by atoms with Gasteiger partial charge in [-0.2, -0.15) is 0 Å². The van der Waals surface area contributed by atoms with Crippen molar-refractivity contribution in [2.45, 2.75) is 0 Å². The molecule has 0 amide bonds. The molecular formula is C3H5N2S. The van der Waals surface area contributed by atoms with Crippen molar-refractivity contribution in [2.75, 3.05) is 13.7 Å². The standard InChI is InChI=1S/C3H5N2S/c1-5-2-4-3-6-5/h2H2,1H3. The van der Waals surface area contributed by atoms with E-state index in [9.17, 15) is 0 Å². The highest BCUT2D eigenvalue weighted by molar-refractivity contribution is 8.10. The van der Waals surface area contributed by atoms with Crippen LogP contribution in [0.1, 0.15) is 0 Å². The Morgan fingerprint density at radius 1 is 2.00 bits per heavy atom. The van der Waals surface area contributed by atoms with E-state index in [0.29, 0.717) is 0 Å². The van der Waals surface area contributed by atoms with Crippen LogP contribution in [0.2, 0.25) is 0 Å². The Morgan fingerprint density at radius 2 is 2.83 bits per heavy atom. The summed E-state index contributed by atoms with van der Waals surface area (Å²) < 4.78 is 2.00. The van der Waals surface area contributed by atoms with Crippen LogP contribution < -0.4 is 0 Å². The van der Waals surface area contributed by atoms with Crippen molar-refractivity contribution in [3.05, 3.63) is 0 Å². The van der Waals surface area contributed by atoms with E-state index in [-0.39, 0.29) is 0 Å². The smallest absolute Gasteiger partial charge is 0.140 e. The van der Waals surface area contributed by atoms with Crippen LogP contribution >= 0.6 is 11.9 Å². The number of rotatable bonds is 0. The molecule has 1 aliphatic heterocycles. The minimum Gasteiger partial charge on any atom is -0.258 e. The fraction of sp³-hybridized carbons (Fsp3) is 0.667. The van der Waals surface area contributed by atoms with Crippen LogP contribution in [-0.2, 0) is 0 Å². The first-order valence-corrected chi connectivity index (χ1v) is 2.46. The quantitative estimate of drug-likeness (QED) is 0.411. The highest BCUT2D eigenvalue weighted by Crippen LogP contribution is 2.07. The van der Waals surface area contributed by atoms with Gasteiger partial charge in [-0.3, -0.25) is 4.99 Å². The number of hydrogen-bond acceptors (Lipinski definition) is 3. The van der Waals surface area contributed by atoms with E-state index in [2.05, 4.69) is 10.5 Å². The molecule has 0 saturated heterocycles. The maximum absolute atomic E-state index is 3.80. The third-order valence-electron chi connectivity index (χ3n) is 0.531.